The average molecular weight is 281 g/mol. The maximum Gasteiger partial charge on any atom is 0.258 e. The van der Waals surface area contributed by atoms with Crippen LogP contribution in [0.25, 0.3) is 0 Å². The van der Waals surface area contributed by atoms with Crippen molar-refractivity contribution < 1.29 is 13.9 Å². The molecule has 1 aliphatic rings. The molecule has 3 nitrogen and oxygen atoms in total. The van der Waals surface area contributed by atoms with Gasteiger partial charge >= 0.3 is 0 Å². The van der Waals surface area contributed by atoms with E-state index >= 15 is 0 Å². The summed E-state index contributed by atoms with van der Waals surface area (Å²) in [7, 11) is 0. The zero-order valence-electron chi connectivity index (χ0n) is 12.8. The number of carbonyl (C=O) groups excluding carboxylic acids is 1. The molecule has 1 atom stereocenters. The minimum atomic E-state index is -0.524. The predicted octanol–water partition coefficient (Wildman–Crippen LogP) is 3.60. The number of ether oxygens (including phenoxy) is 1. The molecule has 1 heterocycles. The number of halogens is 1. The van der Waals surface area contributed by atoms with Gasteiger partial charge in [0.25, 0.3) is 5.91 Å². The molecule has 0 radical (unpaired) electrons. The first-order chi connectivity index (χ1) is 9.69. The molecule has 2 rings (SSSR count). The lowest BCUT2D eigenvalue weighted by Gasteiger charge is -2.27. The van der Waals surface area contributed by atoms with Crippen molar-refractivity contribution in [3.05, 3.63) is 29.3 Å². The molecule has 0 N–H and O–H groups in total. The third-order valence-corrected chi connectivity index (χ3v) is 3.38. The number of benzene rings is 1. The Balaban J connectivity index is 0.000000956. The fourth-order valence-corrected chi connectivity index (χ4v) is 2.33. The minimum absolute atomic E-state index is 0.0555. The lowest BCUT2D eigenvalue weighted by atomic mass is 10.1. The van der Waals surface area contributed by atoms with Gasteiger partial charge in [-0.3, -0.25) is 4.79 Å². The van der Waals surface area contributed by atoms with Gasteiger partial charge in [0.2, 0.25) is 0 Å². The molecule has 112 valence electrons. The molecular formula is C16H24FNO2. The van der Waals surface area contributed by atoms with E-state index in [2.05, 4.69) is 0 Å². The molecule has 0 aromatic heterocycles. The summed E-state index contributed by atoms with van der Waals surface area (Å²) in [6.45, 7) is 7.89. The highest BCUT2D eigenvalue weighted by atomic mass is 19.1. The molecule has 0 fully saturated rings. The van der Waals surface area contributed by atoms with Crippen LogP contribution in [0.15, 0.2) is 18.2 Å². The Kier molecular flexibility index (Phi) is 6.49. The van der Waals surface area contributed by atoms with Gasteiger partial charge in [0.1, 0.15) is 19.0 Å². The lowest BCUT2D eigenvalue weighted by molar-refractivity contribution is 0.0633. The minimum Gasteiger partial charge on any atom is -0.491 e. The maximum absolute atomic E-state index is 12.6. The first-order valence-electron chi connectivity index (χ1n) is 7.28. The van der Waals surface area contributed by atoms with Crippen LogP contribution in [0, 0.1) is 6.92 Å². The van der Waals surface area contributed by atoms with Crippen molar-refractivity contribution in [2.45, 2.75) is 40.2 Å². The number of nitrogens with zero attached hydrogens (tertiary/aromatic N) is 1. The molecule has 0 saturated heterocycles. The third kappa shape index (κ3) is 3.30. The molecule has 0 spiro atoms. The largest absolute Gasteiger partial charge is 0.491 e. The van der Waals surface area contributed by atoms with Crippen LogP contribution >= 0.6 is 0 Å². The number of fused-ring (bicyclic) bond motifs is 1. The second-order valence-corrected chi connectivity index (χ2v) is 4.51. The fourth-order valence-electron chi connectivity index (χ4n) is 2.33. The SMILES string of the molecule is CC.CCC1COc2cccc(C)c2C(=O)N1CCF. The summed E-state index contributed by atoms with van der Waals surface area (Å²) < 4.78 is 18.3. The van der Waals surface area contributed by atoms with E-state index in [1.807, 2.05) is 39.8 Å². The molecule has 1 aliphatic heterocycles. The zero-order valence-corrected chi connectivity index (χ0v) is 12.8. The Hall–Kier alpha value is -1.58. The van der Waals surface area contributed by atoms with Crippen LogP contribution in [0.2, 0.25) is 0 Å². The second kappa shape index (κ2) is 7.88. The van der Waals surface area contributed by atoms with E-state index < -0.39 is 6.67 Å². The van der Waals surface area contributed by atoms with Gasteiger partial charge in [-0.2, -0.15) is 0 Å². The van der Waals surface area contributed by atoms with E-state index in [-0.39, 0.29) is 18.5 Å². The van der Waals surface area contributed by atoms with Crippen molar-refractivity contribution in [2.24, 2.45) is 0 Å². The highest BCUT2D eigenvalue weighted by Gasteiger charge is 2.30. The Bertz CT molecular complexity index is 448. The smallest absolute Gasteiger partial charge is 0.258 e. The van der Waals surface area contributed by atoms with Gasteiger partial charge in [0, 0.05) is 6.54 Å². The highest BCUT2D eigenvalue weighted by molar-refractivity contribution is 5.98. The summed E-state index contributed by atoms with van der Waals surface area (Å²) in [5, 5.41) is 0. The predicted molar refractivity (Wildman–Crippen MR) is 79.1 cm³/mol. The van der Waals surface area contributed by atoms with Gasteiger partial charge in [-0.1, -0.05) is 32.9 Å². The van der Waals surface area contributed by atoms with E-state index in [1.165, 1.54) is 0 Å². The summed E-state index contributed by atoms with van der Waals surface area (Å²) >= 11 is 0. The van der Waals surface area contributed by atoms with Crippen LogP contribution in [0.4, 0.5) is 4.39 Å². The highest BCUT2D eigenvalue weighted by Crippen LogP contribution is 2.28. The fraction of sp³-hybridized carbons (Fsp3) is 0.562. The van der Waals surface area contributed by atoms with Crippen molar-refractivity contribution in [3.63, 3.8) is 0 Å². The van der Waals surface area contributed by atoms with Crippen molar-refractivity contribution in [3.8, 4) is 5.75 Å². The normalized spacial score (nSPS) is 17.6. The van der Waals surface area contributed by atoms with Crippen molar-refractivity contribution in [2.75, 3.05) is 19.8 Å². The molecule has 4 heteroatoms. The van der Waals surface area contributed by atoms with Crippen LogP contribution in [-0.2, 0) is 0 Å². The summed E-state index contributed by atoms with van der Waals surface area (Å²) in [6.07, 6.45) is 0.763. The zero-order chi connectivity index (χ0) is 15.1. The standard InChI is InChI=1S/C14H18FNO2.C2H6/c1-3-11-9-18-12-6-4-5-10(2)13(12)14(17)16(11)8-7-15;1-2/h4-6,11H,3,7-9H2,1-2H3;1-2H3. The molecule has 1 amide bonds. The molecule has 0 bridgehead atoms. The quantitative estimate of drug-likeness (QED) is 0.847. The van der Waals surface area contributed by atoms with E-state index in [1.54, 1.807) is 11.0 Å². The van der Waals surface area contributed by atoms with Gasteiger partial charge in [0.05, 0.1) is 11.6 Å². The number of hydrogen-bond acceptors (Lipinski definition) is 2. The Morgan fingerprint density at radius 3 is 2.70 bits per heavy atom. The topological polar surface area (TPSA) is 29.5 Å². The average Bonchev–Trinajstić information content (AvgIpc) is 2.60. The van der Waals surface area contributed by atoms with Gasteiger partial charge in [-0.25, -0.2) is 4.39 Å². The number of amides is 1. The number of rotatable bonds is 3. The van der Waals surface area contributed by atoms with Crippen molar-refractivity contribution >= 4 is 5.91 Å². The molecule has 1 aromatic carbocycles. The first-order valence-corrected chi connectivity index (χ1v) is 7.28. The Morgan fingerprint density at radius 2 is 2.10 bits per heavy atom. The van der Waals surface area contributed by atoms with Crippen molar-refractivity contribution in [1.82, 2.24) is 4.90 Å². The molecule has 20 heavy (non-hydrogen) atoms. The van der Waals surface area contributed by atoms with E-state index in [0.29, 0.717) is 17.9 Å². The summed E-state index contributed by atoms with van der Waals surface area (Å²) in [4.78, 5) is 14.1. The third-order valence-electron chi connectivity index (χ3n) is 3.38. The Labute approximate surface area is 120 Å². The van der Waals surface area contributed by atoms with Crippen molar-refractivity contribution in [1.29, 1.82) is 0 Å². The molecule has 0 saturated carbocycles. The monoisotopic (exact) mass is 281 g/mol. The number of aryl methyl sites for hydroxylation is 1. The van der Waals surface area contributed by atoms with Gasteiger partial charge in [-0.05, 0) is 25.0 Å². The Morgan fingerprint density at radius 1 is 1.40 bits per heavy atom. The van der Waals surface area contributed by atoms with E-state index in [9.17, 15) is 9.18 Å². The molecule has 1 unspecified atom stereocenters. The maximum atomic E-state index is 12.6. The molecule has 1 aromatic rings. The first kappa shape index (κ1) is 16.5. The second-order valence-electron chi connectivity index (χ2n) is 4.51. The number of alkyl halides is 1. The van der Waals surface area contributed by atoms with Gasteiger partial charge < -0.3 is 9.64 Å². The lowest BCUT2D eigenvalue weighted by Crippen LogP contribution is -2.42. The number of carbonyl (C=O) groups is 1. The van der Waals surface area contributed by atoms with Crippen LogP contribution in [-0.4, -0.2) is 36.7 Å². The number of hydrogen-bond donors (Lipinski definition) is 0. The van der Waals surface area contributed by atoms with Crippen LogP contribution in [0.5, 0.6) is 5.75 Å². The molecule has 0 aliphatic carbocycles. The molecular weight excluding hydrogens is 257 g/mol. The van der Waals surface area contributed by atoms with E-state index in [4.69, 9.17) is 4.74 Å². The van der Waals surface area contributed by atoms with Gasteiger partial charge in [0.15, 0.2) is 0 Å². The summed E-state index contributed by atoms with van der Waals surface area (Å²) in [5.41, 5.74) is 1.44. The van der Waals surface area contributed by atoms with Crippen LogP contribution in [0.3, 0.4) is 0 Å². The summed E-state index contributed by atoms with van der Waals surface area (Å²) in [5.74, 6) is 0.491. The summed E-state index contributed by atoms with van der Waals surface area (Å²) in [6, 6.07) is 5.49. The van der Waals surface area contributed by atoms with E-state index in [0.717, 1.165) is 12.0 Å². The van der Waals surface area contributed by atoms with Gasteiger partial charge in [-0.15, -0.1) is 0 Å². The van der Waals surface area contributed by atoms with Crippen LogP contribution in [0.1, 0.15) is 43.1 Å². The van der Waals surface area contributed by atoms with Crippen LogP contribution < -0.4 is 4.74 Å².